The number of nitrogens with one attached hydrogen (secondary N) is 1. The number of hydrazone groups is 1. The topological polar surface area (TPSA) is 84.6 Å². The van der Waals surface area contributed by atoms with Crippen LogP contribution in [0.5, 0.6) is 0 Å². The largest absolute Gasteiger partial charge is 0.273 e. The molecular formula is C13H17N3O3. The highest BCUT2D eigenvalue weighted by Crippen LogP contribution is 2.13. The van der Waals surface area contributed by atoms with Crippen molar-refractivity contribution in [3.8, 4) is 0 Å². The Morgan fingerprint density at radius 3 is 2.84 bits per heavy atom. The summed E-state index contributed by atoms with van der Waals surface area (Å²) in [5.41, 5.74) is 3.60. The predicted molar refractivity (Wildman–Crippen MR) is 73.0 cm³/mol. The Morgan fingerprint density at radius 2 is 2.21 bits per heavy atom. The molecule has 0 bridgehead atoms. The van der Waals surface area contributed by atoms with E-state index in [4.69, 9.17) is 0 Å². The summed E-state index contributed by atoms with van der Waals surface area (Å²) in [4.78, 5) is 21.6. The van der Waals surface area contributed by atoms with Gasteiger partial charge in [-0.05, 0) is 13.3 Å². The molecule has 6 heteroatoms. The van der Waals surface area contributed by atoms with Gasteiger partial charge in [0, 0.05) is 24.1 Å². The van der Waals surface area contributed by atoms with Gasteiger partial charge in [-0.25, -0.2) is 5.43 Å². The number of nitrogens with zero attached hydrogens (tertiary/aromatic N) is 2. The lowest BCUT2D eigenvalue weighted by molar-refractivity contribution is -0.384. The minimum atomic E-state index is -0.462. The van der Waals surface area contributed by atoms with Crippen LogP contribution in [-0.4, -0.2) is 16.5 Å². The van der Waals surface area contributed by atoms with Gasteiger partial charge in [-0.1, -0.05) is 25.5 Å². The van der Waals surface area contributed by atoms with Gasteiger partial charge in [-0.15, -0.1) is 0 Å². The maximum Gasteiger partial charge on any atom is 0.270 e. The van der Waals surface area contributed by atoms with Crippen LogP contribution in [0.4, 0.5) is 5.69 Å². The summed E-state index contributed by atoms with van der Waals surface area (Å²) in [7, 11) is 0. The number of amides is 1. The summed E-state index contributed by atoms with van der Waals surface area (Å²) in [6, 6.07) is 6.14. The Morgan fingerprint density at radius 1 is 1.47 bits per heavy atom. The Bertz CT molecular complexity index is 498. The first-order valence-corrected chi connectivity index (χ1v) is 6.12. The minimum absolute atomic E-state index is 0.00404. The summed E-state index contributed by atoms with van der Waals surface area (Å²) in [6.45, 7) is 3.70. The van der Waals surface area contributed by atoms with Gasteiger partial charge in [0.2, 0.25) is 5.91 Å². The van der Waals surface area contributed by atoms with Crippen molar-refractivity contribution >= 4 is 17.3 Å². The van der Waals surface area contributed by atoms with Crippen molar-refractivity contribution in [1.29, 1.82) is 0 Å². The third-order valence-electron chi connectivity index (χ3n) is 2.58. The molecule has 0 unspecified atom stereocenters. The smallest absolute Gasteiger partial charge is 0.270 e. The molecule has 0 aliphatic carbocycles. The van der Waals surface area contributed by atoms with E-state index in [0.717, 1.165) is 12.8 Å². The molecule has 1 amide bonds. The zero-order chi connectivity index (χ0) is 14.3. The third kappa shape index (κ3) is 4.87. The van der Waals surface area contributed by atoms with Crippen LogP contribution in [0.3, 0.4) is 0 Å². The van der Waals surface area contributed by atoms with Crippen molar-refractivity contribution in [1.82, 2.24) is 5.43 Å². The van der Waals surface area contributed by atoms with E-state index in [1.54, 1.807) is 19.1 Å². The van der Waals surface area contributed by atoms with E-state index in [1.807, 2.05) is 6.92 Å². The number of unbranched alkanes of at least 4 members (excludes halogenated alkanes) is 1. The monoisotopic (exact) mass is 263 g/mol. The van der Waals surface area contributed by atoms with E-state index < -0.39 is 4.92 Å². The molecule has 1 aromatic carbocycles. The number of non-ortho nitro benzene ring substituents is 1. The first kappa shape index (κ1) is 14.8. The predicted octanol–water partition coefficient (Wildman–Crippen LogP) is 2.63. The fourth-order valence-corrected chi connectivity index (χ4v) is 1.45. The van der Waals surface area contributed by atoms with Crippen molar-refractivity contribution in [2.24, 2.45) is 5.10 Å². The highest BCUT2D eigenvalue weighted by molar-refractivity contribution is 5.99. The van der Waals surface area contributed by atoms with Crippen LogP contribution in [0.2, 0.25) is 0 Å². The van der Waals surface area contributed by atoms with Crippen molar-refractivity contribution in [3.05, 3.63) is 39.9 Å². The van der Waals surface area contributed by atoms with Crippen molar-refractivity contribution in [3.63, 3.8) is 0 Å². The Kier molecular flexibility index (Phi) is 5.66. The Labute approximate surface area is 111 Å². The maximum atomic E-state index is 11.4. The number of carbonyl (C=O) groups excluding carboxylic acids is 1. The molecule has 19 heavy (non-hydrogen) atoms. The first-order valence-electron chi connectivity index (χ1n) is 6.12. The van der Waals surface area contributed by atoms with E-state index >= 15 is 0 Å². The quantitative estimate of drug-likeness (QED) is 0.486. The summed E-state index contributed by atoms with van der Waals surface area (Å²) in [5, 5.41) is 14.6. The van der Waals surface area contributed by atoms with E-state index in [-0.39, 0.29) is 11.6 Å². The Hall–Kier alpha value is -2.24. The summed E-state index contributed by atoms with van der Waals surface area (Å²) >= 11 is 0. The molecule has 0 fully saturated rings. The highest BCUT2D eigenvalue weighted by atomic mass is 16.6. The molecule has 6 nitrogen and oxygen atoms in total. The summed E-state index contributed by atoms with van der Waals surface area (Å²) in [5.74, 6) is -0.147. The van der Waals surface area contributed by atoms with Crippen LogP contribution < -0.4 is 5.43 Å². The number of nitro groups is 1. The van der Waals surface area contributed by atoms with E-state index in [0.29, 0.717) is 17.7 Å². The second kappa shape index (κ2) is 7.25. The maximum absolute atomic E-state index is 11.4. The zero-order valence-corrected chi connectivity index (χ0v) is 11.0. The van der Waals surface area contributed by atoms with Crippen molar-refractivity contribution in [2.45, 2.75) is 33.1 Å². The molecular weight excluding hydrogens is 246 g/mol. The van der Waals surface area contributed by atoms with Crippen LogP contribution in [0.25, 0.3) is 0 Å². The lowest BCUT2D eigenvalue weighted by Crippen LogP contribution is -2.18. The van der Waals surface area contributed by atoms with Gasteiger partial charge in [-0.3, -0.25) is 14.9 Å². The van der Waals surface area contributed by atoms with Crippen LogP contribution in [0, 0.1) is 10.1 Å². The lowest BCUT2D eigenvalue weighted by Gasteiger charge is -2.02. The molecule has 0 heterocycles. The SMILES string of the molecule is CCCCC(=O)NN=C(C)c1cccc([N+](=O)[O-])c1. The second-order valence-corrected chi connectivity index (χ2v) is 4.14. The van der Waals surface area contributed by atoms with E-state index in [2.05, 4.69) is 10.5 Å². The van der Waals surface area contributed by atoms with E-state index in [1.165, 1.54) is 12.1 Å². The number of benzene rings is 1. The standard InChI is InChI=1S/C13H17N3O3/c1-3-4-8-13(17)15-14-10(2)11-6-5-7-12(9-11)16(18)19/h5-7,9H,3-4,8H2,1-2H3,(H,15,17). The molecule has 0 saturated heterocycles. The van der Waals surface area contributed by atoms with Gasteiger partial charge in [0.05, 0.1) is 10.6 Å². The molecule has 0 aliphatic heterocycles. The highest BCUT2D eigenvalue weighted by Gasteiger charge is 2.07. The summed E-state index contributed by atoms with van der Waals surface area (Å²) < 4.78 is 0. The molecule has 102 valence electrons. The lowest BCUT2D eigenvalue weighted by atomic mass is 10.1. The fourth-order valence-electron chi connectivity index (χ4n) is 1.45. The van der Waals surface area contributed by atoms with Gasteiger partial charge < -0.3 is 0 Å². The summed E-state index contributed by atoms with van der Waals surface area (Å²) in [6.07, 6.45) is 2.19. The zero-order valence-electron chi connectivity index (χ0n) is 11.0. The number of hydrogen-bond acceptors (Lipinski definition) is 4. The van der Waals surface area contributed by atoms with Gasteiger partial charge in [0.1, 0.15) is 0 Å². The van der Waals surface area contributed by atoms with Crippen LogP contribution in [0.1, 0.15) is 38.7 Å². The van der Waals surface area contributed by atoms with Crippen LogP contribution >= 0.6 is 0 Å². The fraction of sp³-hybridized carbons (Fsp3) is 0.385. The molecule has 1 aromatic rings. The van der Waals surface area contributed by atoms with Gasteiger partial charge >= 0.3 is 0 Å². The van der Waals surface area contributed by atoms with E-state index in [9.17, 15) is 14.9 Å². The molecule has 1 N–H and O–H groups in total. The number of nitro benzene ring substituents is 1. The van der Waals surface area contributed by atoms with Crippen LogP contribution in [0.15, 0.2) is 29.4 Å². The van der Waals surface area contributed by atoms with Gasteiger partial charge in [0.15, 0.2) is 0 Å². The minimum Gasteiger partial charge on any atom is -0.273 e. The molecule has 0 spiro atoms. The molecule has 0 radical (unpaired) electrons. The molecule has 0 aliphatic rings. The van der Waals surface area contributed by atoms with Crippen molar-refractivity contribution in [2.75, 3.05) is 0 Å². The second-order valence-electron chi connectivity index (χ2n) is 4.14. The molecule has 0 atom stereocenters. The average molecular weight is 263 g/mol. The number of rotatable bonds is 6. The Balaban J connectivity index is 2.71. The number of carbonyl (C=O) groups is 1. The number of hydrogen-bond donors (Lipinski definition) is 1. The molecule has 0 saturated carbocycles. The first-order chi connectivity index (χ1) is 9.04. The van der Waals surface area contributed by atoms with Crippen LogP contribution in [-0.2, 0) is 4.79 Å². The average Bonchev–Trinajstić information content (AvgIpc) is 2.42. The molecule has 0 aromatic heterocycles. The van der Waals surface area contributed by atoms with Gasteiger partial charge in [0.25, 0.3) is 5.69 Å². The molecule has 1 rings (SSSR count). The third-order valence-corrected chi connectivity index (χ3v) is 2.58. The normalized spacial score (nSPS) is 11.2. The van der Waals surface area contributed by atoms with Crippen molar-refractivity contribution < 1.29 is 9.72 Å². The van der Waals surface area contributed by atoms with Gasteiger partial charge in [-0.2, -0.15) is 5.10 Å².